The molecule has 3 aliphatic rings. The number of aliphatic imine (C=N–C) groups is 1. The van der Waals surface area contributed by atoms with Crippen LogP contribution in [0.4, 0.5) is 0 Å². The van der Waals surface area contributed by atoms with Gasteiger partial charge in [-0.05, 0) is 24.9 Å². The second kappa shape index (κ2) is 2.61. The highest BCUT2D eigenvalue weighted by Crippen LogP contribution is 2.36. The van der Waals surface area contributed by atoms with Gasteiger partial charge in [-0.3, -0.25) is 0 Å². The minimum absolute atomic E-state index is 0.159. The number of hydrogen-bond donors (Lipinski definition) is 2. The van der Waals surface area contributed by atoms with Gasteiger partial charge in [0.1, 0.15) is 5.84 Å². The summed E-state index contributed by atoms with van der Waals surface area (Å²) in [6, 6.07) is 0. The number of rotatable bonds is 1. The van der Waals surface area contributed by atoms with Crippen LogP contribution in [0.15, 0.2) is 4.99 Å². The Hall–Kier alpha value is -0.260. The molecule has 4 nitrogen and oxygen atoms in total. The molecule has 12 heavy (non-hydrogen) atoms. The molecule has 0 radical (unpaired) electrons. The van der Waals surface area contributed by atoms with E-state index in [1.807, 2.05) is 0 Å². The summed E-state index contributed by atoms with van der Waals surface area (Å²) in [5, 5.41) is 3.33. The van der Waals surface area contributed by atoms with E-state index in [1.54, 1.807) is 11.9 Å². The fourth-order valence-corrected chi connectivity index (χ4v) is 2.43. The van der Waals surface area contributed by atoms with E-state index in [9.17, 15) is 0 Å². The molecule has 2 fully saturated rings. The molecule has 2 N–H and O–H groups in total. The van der Waals surface area contributed by atoms with Crippen LogP contribution in [0.1, 0.15) is 6.42 Å². The molecule has 0 spiro atoms. The van der Waals surface area contributed by atoms with E-state index in [2.05, 4.69) is 15.0 Å². The summed E-state index contributed by atoms with van der Waals surface area (Å²) in [6.07, 6.45) is 1.36. The Kier molecular flexibility index (Phi) is 1.56. The van der Waals surface area contributed by atoms with Crippen molar-refractivity contribution in [3.05, 3.63) is 0 Å². The van der Waals surface area contributed by atoms with E-state index in [4.69, 9.17) is 4.74 Å². The maximum atomic E-state index is 5.26. The Morgan fingerprint density at radius 3 is 3.33 bits per heavy atom. The van der Waals surface area contributed by atoms with E-state index >= 15 is 0 Å². The van der Waals surface area contributed by atoms with Crippen LogP contribution < -0.4 is 10.0 Å². The first-order valence-electron chi connectivity index (χ1n) is 4.29. The van der Waals surface area contributed by atoms with Crippen molar-refractivity contribution < 1.29 is 4.74 Å². The molecule has 0 bridgehead atoms. The van der Waals surface area contributed by atoms with Crippen molar-refractivity contribution >= 4 is 17.8 Å². The lowest BCUT2D eigenvalue weighted by Gasteiger charge is -2.15. The Morgan fingerprint density at radius 2 is 2.58 bits per heavy atom. The molecule has 3 atom stereocenters. The molecule has 66 valence electrons. The summed E-state index contributed by atoms with van der Waals surface area (Å²) in [4.78, 5) is 4.46. The SMILES string of the molecule is C1C[C@@H](C2=NC3OC3SN2)CN1. The summed E-state index contributed by atoms with van der Waals surface area (Å²) in [7, 11) is 0. The first-order chi connectivity index (χ1) is 5.93. The third kappa shape index (κ3) is 1.12. The van der Waals surface area contributed by atoms with Gasteiger partial charge in [-0.15, -0.1) is 0 Å². The monoisotopic (exact) mass is 185 g/mol. The first kappa shape index (κ1) is 7.17. The molecule has 0 aromatic rings. The maximum Gasteiger partial charge on any atom is 0.189 e. The third-order valence-electron chi connectivity index (χ3n) is 2.42. The number of nitrogens with zero attached hydrogens (tertiary/aromatic N) is 1. The highest BCUT2D eigenvalue weighted by atomic mass is 32.2. The summed E-state index contributed by atoms with van der Waals surface area (Å²) < 4.78 is 8.51. The van der Waals surface area contributed by atoms with Crippen molar-refractivity contribution in [1.82, 2.24) is 10.0 Å². The molecule has 5 heteroatoms. The highest BCUT2D eigenvalue weighted by molar-refractivity contribution is 7.98. The molecule has 2 unspecified atom stereocenters. The van der Waals surface area contributed by atoms with Gasteiger partial charge < -0.3 is 14.8 Å². The summed E-state index contributed by atoms with van der Waals surface area (Å²) in [6.45, 7) is 2.18. The minimum atomic E-state index is 0.159. The van der Waals surface area contributed by atoms with Crippen molar-refractivity contribution in [3.8, 4) is 0 Å². The largest absolute Gasteiger partial charge is 0.332 e. The van der Waals surface area contributed by atoms with Crippen LogP contribution >= 0.6 is 11.9 Å². The van der Waals surface area contributed by atoms with Gasteiger partial charge in [0.15, 0.2) is 11.7 Å². The number of hydrogen-bond acceptors (Lipinski definition) is 5. The van der Waals surface area contributed by atoms with Crippen LogP contribution in [0.3, 0.4) is 0 Å². The van der Waals surface area contributed by atoms with Crippen LogP contribution in [0.5, 0.6) is 0 Å². The van der Waals surface area contributed by atoms with Gasteiger partial charge in [-0.25, -0.2) is 4.99 Å². The van der Waals surface area contributed by atoms with E-state index in [-0.39, 0.29) is 6.23 Å². The molecule has 0 saturated carbocycles. The van der Waals surface area contributed by atoms with Gasteiger partial charge in [-0.2, -0.15) is 0 Å². The number of nitrogens with one attached hydrogen (secondary N) is 2. The van der Waals surface area contributed by atoms with Gasteiger partial charge >= 0.3 is 0 Å². The molecule has 0 aliphatic carbocycles. The van der Waals surface area contributed by atoms with E-state index < -0.39 is 0 Å². The maximum absolute atomic E-state index is 5.26. The van der Waals surface area contributed by atoms with Crippen LogP contribution in [0.2, 0.25) is 0 Å². The number of ether oxygens (including phenoxy) is 1. The van der Waals surface area contributed by atoms with E-state index in [0.29, 0.717) is 11.4 Å². The smallest absolute Gasteiger partial charge is 0.189 e. The third-order valence-corrected chi connectivity index (χ3v) is 3.33. The molecular formula is C7H11N3OS. The zero-order valence-electron chi connectivity index (χ0n) is 6.62. The standard InChI is InChI=1S/C7H11N3OS/c1-2-8-3-4(1)5-9-6-7(11-6)12-10-5/h4,6-8H,1-3H2,(H,9,10)/t4-,6?,7?/m1/s1. The number of amidine groups is 1. The average Bonchev–Trinajstić information content (AvgIpc) is 2.66. The topological polar surface area (TPSA) is 49.0 Å². The fraction of sp³-hybridized carbons (Fsp3) is 0.857. The van der Waals surface area contributed by atoms with E-state index in [1.165, 1.54) is 6.42 Å². The van der Waals surface area contributed by atoms with Crippen LogP contribution in [-0.2, 0) is 4.74 Å². The van der Waals surface area contributed by atoms with Gasteiger partial charge in [0.05, 0.1) is 0 Å². The normalized spacial score (nSPS) is 44.7. The molecule has 0 amide bonds. The van der Waals surface area contributed by atoms with Crippen molar-refractivity contribution in [1.29, 1.82) is 0 Å². The average molecular weight is 185 g/mol. The van der Waals surface area contributed by atoms with Crippen molar-refractivity contribution in [3.63, 3.8) is 0 Å². The Morgan fingerprint density at radius 1 is 1.58 bits per heavy atom. The van der Waals surface area contributed by atoms with Gasteiger partial charge in [0.25, 0.3) is 0 Å². The zero-order valence-corrected chi connectivity index (χ0v) is 7.43. The van der Waals surface area contributed by atoms with Crippen LogP contribution in [-0.4, -0.2) is 30.6 Å². The van der Waals surface area contributed by atoms with Crippen molar-refractivity contribution in [2.45, 2.75) is 18.1 Å². The first-order valence-corrected chi connectivity index (χ1v) is 5.17. The highest BCUT2D eigenvalue weighted by Gasteiger charge is 2.44. The summed E-state index contributed by atoms with van der Waals surface area (Å²) >= 11 is 1.66. The van der Waals surface area contributed by atoms with Gasteiger partial charge in [-0.1, -0.05) is 0 Å². The molecule has 3 rings (SSSR count). The van der Waals surface area contributed by atoms with E-state index in [0.717, 1.165) is 18.9 Å². The van der Waals surface area contributed by atoms with Gasteiger partial charge in [0, 0.05) is 12.5 Å². The molecule has 0 aromatic heterocycles. The predicted octanol–water partition coefficient (Wildman–Crippen LogP) is -0.0718. The lowest BCUT2D eigenvalue weighted by molar-refractivity contribution is 0.407. The second-order valence-electron chi connectivity index (χ2n) is 3.32. The van der Waals surface area contributed by atoms with Crippen LogP contribution in [0.25, 0.3) is 0 Å². The zero-order chi connectivity index (χ0) is 7.97. The number of fused-ring (bicyclic) bond motifs is 1. The minimum Gasteiger partial charge on any atom is -0.332 e. The predicted molar refractivity (Wildman–Crippen MR) is 47.8 cm³/mol. The van der Waals surface area contributed by atoms with Gasteiger partial charge in [0.2, 0.25) is 0 Å². The van der Waals surface area contributed by atoms with Crippen LogP contribution in [0, 0.1) is 5.92 Å². The summed E-state index contributed by atoms with van der Waals surface area (Å²) in [5.41, 5.74) is 0.295. The quantitative estimate of drug-likeness (QED) is 0.443. The Labute approximate surface area is 75.3 Å². The lowest BCUT2D eigenvalue weighted by atomic mass is 10.1. The molecule has 2 saturated heterocycles. The molecule has 0 aromatic carbocycles. The lowest BCUT2D eigenvalue weighted by Crippen LogP contribution is -2.31. The van der Waals surface area contributed by atoms with Crippen molar-refractivity contribution in [2.24, 2.45) is 10.9 Å². The molecular weight excluding hydrogens is 174 g/mol. The number of epoxide rings is 1. The Balaban J connectivity index is 1.74. The Bertz CT molecular complexity index is 227. The second-order valence-corrected chi connectivity index (χ2v) is 4.22. The fourth-order valence-electron chi connectivity index (χ4n) is 1.63. The molecule has 3 aliphatic heterocycles. The summed E-state index contributed by atoms with van der Waals surface area (Å²) in [5.74, 6) is 1.71. The van der Waals surface area contributed by atoms with Crippen molar-refractivity contribution in [2.75, 3.05) is 13.1 Å². The molecule has 3 heterocycles.